The Balaban J connectivity index is 1.77. The van der Waals surface area contributed by atoms with Crippen molar-refractivity contribution >= 4 is 11.8 Å². The van der Waals surface area contributed by atoms with E-state index in [4.69, 9.17) is 0 Å². The van der Waals surface area contributed by atoms with Crippen LogP contribution in [0.15, 0.2) is 30.3 Å². The topological polar surface area (TPSA) is 52.7 Å². The molecule has 0 unspecified atom stereocenters. The molecule has 2 saturated heterocycles. The van der Waals surface area contributed by atoms with Crippen LogP contribution >= 0.6 is 0 Å². The minimum atomic E-state index is -0.278. The molecule has 0 radical (unpaired) electrons. The van der Waals surface area contributed by atoms with Gasteiger partial charge >= 0.3 is 0 Å². The third kappa shape index (κ3) is 3.39. The number of nitrogens with one attached hydrogen (secondary N) is 1. The van der Waals surface area contributed by atoms with Crippen LogP contribution in [-0.4, -0.2) is 60.4 Å². The molecule has 0 aliphatic carbocycles. The van der Waals surface area contributed by atoms with Gasteiger partial charge in [-0.2, -0.15) is 0 Å². The molecule has 0 saturated carbocycles. The number of likely N-dealkylation sites (tertiary alicyclic amines) is 2. The molecule has 2 aliphatic heterocycles. The van der Waals surface area contributed by atoms with Gasteiger partial charge in [0.05, 0.1) is 12.1 Å². The van der Waals surface area contributed by atoms with Crippen molar-refractivity contribution in [1.29, 1.82) is 0 Å². The fourth-order valence-electron chi connectivity index (χ4n) is 3.54. The molecule has 2 fully saturated rings. The number of carbonyl (C=O) groups is 2. The van der Waals surface area contributed by atoms with Gasteiger partial charge in [-0.05, 0) is 37.8 Å². The molecule has 5 heteroatoms. The molecule has 1 aromatic carbocycles. The molecule has 0 bridgehead atoms. The number of hydrogen-bond donors (Lipinski definition) is 1. The fraction of sp³-hybridized carbons (Fsp3) is 0.556. The number of amides is 2. The lowest BCUT2D eigenvalue weighted by Gasteiger charge is -2.38. The second-order valence-electron chi connectivity index (χ2n) is 6.39. The van der Waals surface area contributed by atoms with E-state index in [0.717, 1.165) is 44.5 Å². The van der Waals surface area contributed by atoms with Gasteiger partial charge in [-0.15, -0.1) is 0 Å². The number of hydrogen-bond acceptors (Lipinski definition) is 3. The van der Waals surface area contributed by atoms with E-state index in [1.165, 1.54) is 0 Å². The van der Waals surface area contributed by atoms with E-state index in [2.05, 4.69) is 10.2 Å². The van der Waals surface area contributed by atoms with E-state index < -0.39 is 0 Å². The van der Waals surface area contributed by atoms with E-state index in [0.29, 0.717) is 6.42 Å². The van der Waals surface area contributed by atoms with Gasteiger partial charge in [0.25, 0.3) is 0 Å². The van der Waals surface area contributed by atoms with Crippen molar-refractivity contribution in [3.63, 3.8) is 0 Å². The van der Waals surface area contributed by atoms with Crippen LogP contribution in [0.3, 0.4) is 0 Å². The Labute approximate surface area is 137 Å². The van der Waals surface area contributed by atoms with Gasteiger partial charge < -0.3 is 10.2 Å². The van der Waals surface area contributed by atoms with Gasteiger partial charge in [-0.25, -0.2) is 0 Å². The van der Waals surface area contributed by atoms with Crippen molar-refractivity contribution in [2.75, 3.05) is 26.7 Å². The summed E-state index contributed by atoms with van der Waals surface area (Å²) in [6.07, 6.45) is 3.58. The van der Waals surface area contributed by atoms with E-state index >= 15 is 0 Å². The summed E-state index contributed by atoms with van der Waals surface area (Å²) in [6.45, 7) is 2.55. The molecule has 2 amide bonds. The van der Waals surface area contributed by atoms with E-state index in [9.17, 15) is 9.59 Å². The molecule has 2 atom stereocenters. The average Bonchev–Trinajstić information content (AvgIpc) is 3.00. The van der Waals surface area contributed by atoms with Crippen molar-refractivity contribution in [1.82, 2.24) is 15.1 Å². The summed E-state index contributed by atoms with van der Waals surface area (Å²) < 4.78 is 0. The summed E-state index contributed by atoms with van der Waals surface area (Å²) in [4.78, 5) is 29.1. The van der Waals surface area contributed by atoms with Crippen LogP contribution in [0.1, 0.15) is 24.8 Å². The highest BCUT2D eigenvalue weighted by Gasteiger charge is 2.40. The molecule has 3 rings (SSSR count). The van der Waals surface area contributed by atoms with E-state index in [1.807, 2.05) is 35.2 Å². The minimum absolute atomic E-state index is 0.00263. The lowest BCUT2D eigenvalue weighted by molar-refractivity contribution is -0.141. The van der Waals surface area contributed by atoms with Crippen molar-refractivity contribution in [2.45, 2.75) is 37.8 Å². The van der Waals surface area contributed by atoms with Gasteiger partial charge in [0.2, 0.25) is 11.8 Å². The second-order valence-corrected chi connectivity index (χ2v) is 6.39. The van der Waals surface area contributed by atoms with Crippen molar-refractivity contribution in [3.8, 4) is 0 Å². The second kappa shape index (κ2) is 7.13. The predicted molar refractivity (Wildman–Crippen MR) is 88.9 cm³/mol. The monoisotopic (exact) mass is 315 g/mol. The standard InChI is InChI=1S/C18H25N3O2/c1-19-17(22)16(13-14-7-3-2-4-8-14)21-12-5-9-15(21)18(23)20-10-6-11-20/h2-4,7-8,15-16H,5-6,9-13H2,1H3,(H,19,22)/t15-,16+/m0/s1. The largest absolute Gasteiger partial charge is 0.358 e. The maximum atomic E-state index is 12.7. The summed E-state index contributed by atoms with van der Waals surface area (Å²) in [7, 11) is 1.67. The van der Waals surface area contributed by atoms with Gasteiger partial charge in [0.15, 0.2) is 0 Å². The third-order valence-electron chi connectivity index (χ3n) is 4.97. The number of carbonyl (C=O) groups excluding carboxylic acids is 2. The maximum absolute atomic E-state index is 12.7. The molecular weight excluding hydrogens is 290 g/mol. The molecule has 124 valence electrons. The zero-order valence-corrected chi connectivity index (χ0v) is 13.7. The van der Waals surface area contributed by atoms with E-state index in [-0.39, 0.29) is 23.9 Å². The van der Waals surface area contributed by atoms with Crippen LogP contribution in [0.4, 0.5) is 0 Å². The normalized spacial score (nSPS) is 22.5. The highest BCUT2D eigenvalue weighted by molar-refractivity contribution is 5.86. The van der Waals surface area contributed by atoms with E-state index in [1.54, 1.807) is 7.05 Å². The predicted octanol–water partition coefficient (Wildman–Crippen LogP) is 1.04. The molecule has 5 nitrogen and oxygen atoms in total. The lowest BCUT2D eigenvalue weighted by atomic mass is 10.0. The molecule has 2 aliphatic rings. The molecule has 23 heavy (non-hydrogen) atoms. The van der Waals surface area contributed by atoms with Crippen LogP contribution in [0.25, 0.3) is 0 Å². The number of nitrogens with zero attached hydrogens (tertiary/aromatic N) is 2. The Morgan fingerprint density at radius 2 is 1.91 bits per heavy atom. The van der Waals surface area contributed by atoms with Gasteiger partial charge in [0.1, 0.15) is 0 Å². The molecule has 1 aromatic rings. The van der Waals surface area contributed by atoms with Crippen LogP contribution < -0.4 is 5.32 Å². The molecule has 2 heterocycles. The zero-order valence-electron chi connectivity index (χ0n) is 13.7. The SMILES string of the molecule is CNC(=O)[C@@H](Cc1ccccc1)N1CCC[C@H]1C(=O)N1CCC1. The first-order valence-corrected chi connectivity index (χ1v) is 8.51. The Hall–Kier alpha value is -1.88. The highest BCUT2D eigenvalue weighted by Crippen LogP contribution is 2.25. The van der Waals surface area contributed by atoms with Crippen LogP contribution in [0.2, 0.25) is 0 Å². The fourth-order valence-corrected chi connectivity index (χ4v) is 3.54. The molecule has 1 N–H and O–H groups in total. The first-order chi connectivity index (χ1) is 11.2. The van der Waals surface area contributed by atoms with Crippen molar-refractivity contribution in [2.24, 2.45) is 0 Å². The first kappa shape index (κ1) is 16.0. The van der Waals surface area contributed by atoms with Crippen molar-refractivity contribution in [3.05, 3.63) is 35.9 Å². The summed E-state index contributed by atoms with van der Waals surface area (Å²) >= 11 is 0. The number of rotatable bonds is 5. The first-order valence-electron chi connectivity index (χ1n) is 8.51. The zero-order chi connectivity index (χ0) is 16.2. The van der Waals surface area contributed by atoms with Gasteiger partial charge in [-0.1, -0.05) is 30.3 Å². The van der Waals surface area contributed by atoms with Crippen LogP contribution in [0.5, 0.6) is 0 Å². The maximum Gasteiger partial charge on any atom is 0.239 e. The summed E-state index contributed by atoms with van der Waals surface area (Å²) in [6, 6.07) is 9.62. The Bertz CT molecular complexity index is 557. The molecule has 0 spiro atoms. The van der Waals surface area contributed by atoms with Crippen LogP contribution in [-0.2, 0) is 16.0 Å². The van der Waals surface area contributed by atoms with Gasteiger partial charge in [-0.3, -0.25) is 14.5 Å². The minimum Gasteiger partial charge on any atom is -0.358 e. The summed E-state index contributed by atoms with van der Waals surface area (Å²) in [5, 5.41) is 2.77. The van der Waals surface area contributed by atoms with Crippen LogP contribution in [0, 0.1) is 0 Å². The van der Waals surface area contributed by atoms with Crippen molar-refractivity contribution < 1.29 is 9.59 Å². The quantitative estimate of drug-likeness (QED) is 0.883. The highest BCUT2D eigenvalue weighted by atomic mass is 16.2. The Morgan fingerprint density at radius 3 is 2.52 bits per heavy atom. The smallest absolute Gasteiger partial charge is 0.239 e. The molecule has 0 aromatic heterocycles. The average molecular weight is 315 g/mol. The third-order valence-corrected chi connectivity index (χ3v) is 4.97. The lowest BCUT2D eigenvalue weighted by Crippen LogP contribution is -2.56. The summed E-state index contributed by atoms with van der Waals surface area (Å²) in [5.74, 6) is 0.202. The Morgan fingerprint density at radius 1 is 1.17 bits per heavy atom. The number of benzene rings is 1. The van der Waals surface area contributed by atoms with Gasteiger partial charge in [0, 0.05) is 20.1 Å². The summed E-state index contributed by atoms with van der Waals surface area (Å²) in [5.41, 5.74) is 1.13. The molecular formula is C18H25N3O2. The Kier molecular flexibility index (Phi) is 4.96. The number of likely N-dealkylation sites (N-methyl/N-ethyl adjacent to an activating group) is 1.